The summed E-state index contributed by atoms with van der Waals surface area (Å²) in [6.45, 7) is 33.7. The molecule has 0 unspecified atom stereocenters. The molecule has 0 aromatic heterocycles. The van der Waals surface area contributed by atoms with E-state index < -0.39 is 0 Å². The summed E-state index contributed by atoms with van der Waals surface area (Å²) in [6.07, 6.45) is 21.5. The Bertz CT molecular complexity index is 512. The molecule has 0 saturated heterocycles. The van der Waals surface area contributed by atoms with Gasteiger partial charge in [0.05, 0.1) is 6.10 Å². The zero-order valence-electron chi connectivity index (χ0n) is 23.7. The molecular formula is C30H46Co2O7. The molecule has 0 aliphatic heterocycles. The second-order valence-electron chi connectivity index (χ2n) is 7.89. The molecule has 9 heteroatoms. The van der Waals surface area contributed by atoms with E-state index in [1.165, 1.54) is 89.9 Å². The predicted molar refractivity (Wildman–Crippen MR) is 136 cm³/mol. The summed E-state index contributed by atoms with van der Waals surface area (Å²) < 4.78 is 45.0. The molecule has 0 aliphatic rings. The molecule has 226 valence electrons. The molecule has 1 N–H and O–H groups in total. The van der Waals surface area contributed by atoms with Crippen LogP contribution in [0.2, 0.25) is 0 Å². The van der Waals surface area contributed by atoms with Crippen molar-refractivity contribution < 1.29 is 66.6 Å². The van der Waals surface area contributed by atoms with Crippen LogP contribution in [-0.4, -0.2) is 11.2 Å². The standard InChI is InChI=1S/C24H46O.6CO.2Co/c1-4-6-8-10-11-12-13-14-15-17-19-21-24(25)22-23(3)20-18-16-9-7-5-2;6*1-2;;/h23-25H,4-17,19,21-22H2,1-3H3;;;;;;;;/t23-,24-;;;;;;;;/m0......../s1. The van der Waals surface area contributed by atoms with Crippen LogP contribution in [0, 0.1) is 57.7 Å². The first kappa shape index (κ1) is 61.8. The molecule has 39 heavy (non-hydrogen) atoms. The van der Waals surface area contributed by atoms with Crippen molar-refractivity contribution in [2.24, 2.45) is 5.92 Å². The molecule has 0 saturated carbocycles. The van der Waals surface area contributed by atoms with Crippen molar-refractivity contribution in [1.29, 1.82) is 0 Å². The summed E-state index contributed by atoms with van der Waals surface area (Å²) >= 11 is 0. The third-order valence-corrected chi connectivity index (χ3v) is 5.02. The van der Waals surface area contributed by atoms with E-state index >= 15 is 0 Å². The maximum absolute atomic E-state index is 10.1. The minimum atomic E-state index is -0.154. The number of unbranched alkanes of at least 4 members (excludes halogenated alkanes) is 13. The zero-order chi connectivity index (χ0) is 30.6. The maximum atomic E-state index is 10.1. The van der Waals surface area contributed by atoms with Gasteiger partial charge in [0.2, 0.25) is 0 Å². The fourth-order valence-electron chi connectivity index (χ4n) is 3.34. The van der Waals surface area contributed by atoms with Crippen molar-refractivity contribution in [3.8, 4) is 11.8 Å². The number of aliphatic hydroxyl groups is 1. The maximum Gasteiger partial charge on any atom is 0 e. The van der Waals surface area contributed by atoms with Crippen LogP contribution in [0.1, 0.15) is 130 Å². The van der Waals surface area contributed by atoms with E-state index in [4.69, 9.17) is 27.9 Å². The SMILES string of the molecule is CCCCCC#C[C@H](C)C[C@@H](O)CCCCCCCCCCCCC.[C-]#[O+].[C-]#[O+].[C-]#[O+].[C-]#[O+].[C-]#[O+].[C-]#[O+].[Co].[Co]. The topological polar surface area (TPSA) is 140 Å². The summed E-state index contributed by atoms with van der Waals surface area (Å²) in [6, 6.07) is 0. The molecule has 0 aromatic carbocycles. The molecule has 2 atom stereocenters. The van der Waals surface area contributed by atoms with Crippen molar-refractivity contribution in [1.82, 2.24) is 0 Å². The predicted octanol–water partition coefficient (Wildman–Crippen LogP) is 7.43. The minimum Gasteiger partial charge on any atom is 0 e. The van der Waals surface area contributed by atoms with Gasteiger partial charge in [-0.05, 0) is 19.3 Å². The van der Waals surface area contributed by atoms with E-state index in [9.17, 15) is 5.11 Å². The summed E-state index contributed by atoms with van der Waals surface area (Å²) in [4.78, 5) is 0. The Morgan fingerprint density at radius 2 is 0.846 bits per heavy atom. The molecule has 0 aliphatic carbocycles. The number of hydrogen-bond acceptors (Lipinski definition) is 1. The van der Waals surface area contributed by atoms with Crippen LogP contribution in [0.4, 0.5) is 0 Å². The van der Waals surface area contributed by atoms with Crippen LogP contribution in [0.15, 0.2) is 0 Å². The number of hydrogen-bond donors (Lipinski definition) is 1. The van der Waals surface area contributed by atoms with Crippen molar-refractivity contribution in [2.45, 2.75) is 136 Å². The fourth-order valence-corrected chi connectivity index (χ4v) is 3.34. The summed E-state index contributed by atoms with van der Waals surface area (Å²) in [5, 5.41) is 10.1. The van der Waals surface area contributed by atoms with E-state index in [1.54, 1.807) is 0 Å². The summed E-state index contributed by atoms with van der Waals surface area (Å²) in [7, 11) is 0. The van der Waals surface area contributed by atoms with Gasteiger partial charge in [-0.15, -0.1) is 11.8 Å². The normalized spacial score (nSPS) is 8.82. The molecule has 0 bridgehead atoms. The van der Waals surface area contributed by atoms with Gasteiger partial charge in [-0.25, -0.2) is 0 Å². The smallest absolute Gasteiger partial charge is 0 e. The molecule has 0 heterocycles. The largest absolute Gasteiger partial charge is 0 e. The van der Waals surface area contributed by atoms with Crippen LogP contribution < -0.4 is 0 Å². The van der Waals surface area contributed by atoms with Gasteiger partial charge in [0, 0.05) is 45.9 Å². The van der Waals surface area contributed by atoms with Crippen molar-refractivity contribution >= 4 is 0 Å². The van der Waals surface area contributed by atoms with E-state index in [-0.39, 0.29) is 39.7 Å². The van der Waals surface area contributed by atoms with E-state index in [2.05, 4.69) is 72.5 Å². The Balaban J connectivity index is -0.0000000804. The van der Waals surface area contributed by atoms with Crippen molar-refractivity contribution in [3.63, 3.8) is 0 Å². The van der Waals surface area contributed by atoms with Crippen molar-refractivity contribution in [3.05, 3.63) is 39.9 Å². The first-order valence-electron chi connectivity index (χ1n) is 12.6. The average Bonchev–Trinajstić information content (AvgIpc) is 2.98. The van der Waals surface area contributed by atoms with Crippen molar-refractivity contribution in [2.75, 3.05) is 0 Å². The van der Waals surface area contributed by atoms with Crippen LogP contribution in [0.3, 0.4) is 0 Å². The average molecular weight is 637 g/mol. The third-order valence-electron chi connectivity index (χ3n) is 5.02. The first-order chi connectivity index (χ1) is 18.2. The molecule has 0 spiro atoms. The molecule has 0 fully saturated rings. The van der Waals surface area contributed by atoms with Gasteiger partial charge in [-0.3, -0.25) is 0 Å². The van der Waals surface area contributed by atoms with Crippen LogP contribution in [0.25, 0.3) is 0 Å². The fraction of sp³-hybridized carbons (Fsp3) is 0.733. The second kappa shape index (κ2) is 83.3. The summed E-state index contributed by atoms with van der Waals surface area (Å²) in [5.74, 6) is 6.92. The molecule has 0 aromatic rings. The molecule has 7 nitrogen and oxygen atoms in total. The molecule has 0 amide bonds. The van der Waals surface area contributed by atoms with Gasteiger partial charge in [-0.1, -0.05) is 104 Å². The molecular weight excluding hydrogens is 590 g/mol. The molecule has 2 radical (unpaired) electrons. The van der Waals surface area contributed by atoms with E-state index in [1.807, 2.05) is 0 Å². The van der Waals surface area contributed by atoms with Gasteiger partial charge < -0.3 is 5.11 Å². The second-order valence-corrected chi connectivity index (χ2v) is 7.89. The van der Waals surface area contributed by atoms with Gasteiger partial charge in [0.15, 0.2) is 0 Å². The van der Waals surface area contributed by atoms with Gasteiger partial charge in [-0.2, -0.15) is 0 Å². The van der Waals surface area contributed by atoms with E-state index in [0.717, 1.165) is 19.3 Å². The van der Waals surface area contributed by atoms with Gasteiger partial charge in [0.1, 0.15) is 0 Å². The Labute approximate surface area is 259 Å². The quantitative estimate of drug-likeness (QED) is 0.0755. The zero-order valence-corrected chi connectivity index (χ0v) is 25.8. The minimum absolute atomic E-state index is 0. The van der Waals surface area contributed by atoms with Crippen LogP contribution in [-0.2, 0) is 61.5 Å². The summed E-state index contributed by atoms with van der Waals surface area (Å²) in [5.41, 5.74) is 0. The van der Waals surface area contributed by atoms with E-state index in [0.29, 0.717) is 5.92 Å². The third kappa shape index (κ3) is 85.7. The number of rotatable bonds is 17. The van der Waals surface area contributed by atoms with Crippen LogP contribution >= 0.6 is 0 Å². The Morgan fingerprint density at radius 1 is 0.538 bits per heavy atom. The Morgan fingerprint density at radius 3 is 1.21 bits per heavy atom. The molecule has 0 rings (SSSR count). The first-order valence-corrected chi connectivity index (χ1v) is 12.6. The Kier molecular flexibility index (Phi) is 132. The van der Waals surface area contributed by atoms with Gasteiger partial charge in [0.25, 0.3) is 0 Å². The number of aliphatic hydroxyl groups excluding tert-OH is 1. The Hall–Kier alpha value is -1.03. The van der Waals surface area contributed by atoms with Gasteiger partial charge >= 0.3 is 67.8 Å². The monoisotopic (exact) mass is 636 g/mol. The van der Waals surface area contributed by atoms with Crippen LogP contribution in [0.5, 0.6) is 0 Å².